The average molecular weight is 316 g/mol. The summed E-state index contributed by atoms with van der Waals surface area (Å²) in [6.07, 6.45) is 1.82. The number of rotatable bonds is 7. The molecule has 0 unspecified atom stereocenters. The average Bonchev–Trinajstić information content (AvgIpc) is 2.44. The summed E-state index contributed by atoms with van der Waals surface area (Å²) in [4.78, 5) is 13.2. The third-order valence-corrected chi connectivity index (χ3v) is 4.52. The van der Waals surface area contributed by atoms with Crippen LogP contribution in [0, 0.1) is 12.7 Å². The second-order valence-corrected chi connectivity index (χ2v) is 6.67. The van der Waals surface area contributed by atoms with Crippen LogP contribution in [-0.4, -0.2) is 39.4 Å². The highest BCUT2D eigenvalue weighted by molar-refractivity contribution is 7.89. The number of amides is 1. The lowest BCUT2D eigenvalue weighted by Gasteiger charge is -2.17. The molecule has 0 spiro atoms. The van der Waals surface area contributed by atoms with E-state index in [-0.39, 0.29) is 22.9 Å². The Morgan fingerprint density at radius 3 is 2.62 bits per heavy atom. The van der Waals surface area contributed by atoms with Crippen LogP contribution in [0.25, 0.3) is 0 Å². The molecular weight excluding hydrogens is 295 g/mol. The van der Waals surface area contributed by atoms with Gasteiger partial charge in [-0.05, 0) is 37.1 Å². The Hall–Kier alpha value is -1.47. The molecule has 0 aliphatic rings. The molecule has 0 heterocycles. The maximum atomic E-state index is 13.1. The third kappa shape index (κ3) is 5.09. The van der Waals surface area contributed by atoms with Gasteiger partial charge in [0, 0.05) is 13.6 Å². The number of carbonyl (C=O) groups excluding carboxylic acids is 1. The van der Waals surface area contributed by atoms with Gasteiger partial charge < -0.3 is 4.90 Å². The van der Waals surface area contributed by atoms with Gasteiger partial charge >= 0.3 is 0 Å². The van der Waals surface area contributed by atoms with E-state index in [9.17, 15) is 17.6 Å². The maximum absolute atomic E-state index is 13.1. The van der Waals surface area contributed by atoms with Crippen molar-refractivity contribution in [3.05, 3.63) is 29.6 Å². The van der Waals surface area contributed by atoms with Crippen molar-refractivity contribution in [3.8, 4) is 0 Å². The van der Waals surface area contributed by atoms with Crippen LogP contribution < -0.4 is 4.72 Å². The number of hydrogen-bond acceptors (Lipinski definition) is 3. The first-order chi connectivity index (χ1) is 9.77. The van der Waals surface area contributed by atoms with Crippen LogP contribution in [0.4, 0.5) is 4.39 Å². The minimum absolute atomic E-state index is 0.0505. The topological polar surface area (TPSA) is 66.5 Å². The molecular formula is C14H21FN2O3S. The Bertz CT molecular complexity index is 602. The number of likely N-dealkylation sites (N-methyl/N-ethyl adjacent to an activating group) is 1. The molecule has 0 aromatic heterocycles. The number of sulfonamides is 1. The molecule has 1 aromatic carbocycles. The van der Waals surface area contributed by atoms with Gasteiger partial charge in [0.05, 0.1) is 11.4 Å². The van der Waals surface area contributed by atoms with E-state index in [1.807, 2.05) is 6.92 Å². The van der Waals surface area contributed by atoms with E-state index in [4.69, 9.17) is 0 Å². The second kappa shape index (κ2) is 7.51. The monoisotopic (exact) mass is 316 g/mol. The first-order valence-corrected chi connectivity index (χ1v) is 8.26. The van der Waals surface area contributed by atoms with Gasteiger partial charge in [-0.15, -0.1) is 0 Å². The molecule has 1 amide bonds. The molecule has 0 atom stereocenters. The van der Waals surface area contributed by atoms with Crippen LogP contribution in [0.5, 0.6) is 0 Å². The Balaban J connectivity index is 2.68. The molecule has 0 fully saturated rings. The van der Waals surface area contributed by atoms with Crippen LogP contribution >= 0.6 is 0 Å². The smallest absolute Gasteiger partial charge is 0.241 e. The van der Waals surface area contributed by atoms with Crippen LogP contribution in [0.1, 0.15) is 25.3 Å². The number of nitrogens with zero attached hydrogens (tertiary/aromatic N) is 1. The lowest BCUT2D eigenvalue weighted by Crippen LogP contribution is -2.38. The Morgan fingerprint density at radius 1 is 1.38 bits per heavy atom. The van der Waals surface area contributed by atoms with Gasteiger partial charge in [0.2, 0.25) is 15.9 Å². The summed E-state index contributed by atoms with van der Waals surface area (Å²) in [5, 5.41) is 0. The van der Waals surface area contributed by atoms with Crippen LogP contribution in [0.2, 0.25) is 0 Å². The highest BCUT2D eigenvalue weighted by atomic mass is 32.2. The second-order valence-electron chi connectivity index (χ2n) is 4.90. The van der Waals surface area contributed by atoms with Gasteiger partial charge in [-0.2, -0.15) is 0 Å². The van der Waals surface area contributed by atoms with Crippen LogP contribution in [0.15, 0.2) is 23.1 Å². The molecule has 0 aliphatic heterocycles. The fourth-order valence-corrected chi connectivity index (χ4v) is 2.74. The first-order valence-electron chi connectivity index (χ1n) is 6.77. The highest BCUT2D eigenvalue weighted by Gasteiger charge is 2.17. The van der Waals surface area contributed by atoms with E-state index >= 15 is 0 Å². The first kappa shape index (κ1) is 17.6. The highest BCUT2D eigenvalue weighted by Crippen LogP contribution is 2.13. The van der Waals surface area contributed by atoms with Gasteiger partial charge in [-0.1, -0.05) is 13.3 Å². The summed E-state index contributed by atoms with van der Waals surface area (Å²) in [6, 6.07) is 3.51. The fraction of sp³-hybridized carbons (Fsp3) is 0.500. The van der Waals surface area contributed by atoms with Gasteiger partial charge in [-0.3, -0.25) is 4.79 Å². The van der Waals surface area contributed by atoms with E-state index in [1.54, 1.807) is 7.05 Å². The summed E-state index contributed by atoms with van der Waals surface area (Å²) in [7, 11) is -2.18. The molecule has 21 heavy (non-hydrogen) atoms. The Labute approximate surface area is 125 Å². The molecule has 1 rings (SSSR count). The zero-order chi connectivity index (χ0) is 16.0. The van der Waals surface area contributed by atoms with E-state index in [0.717, 1.165) is 18.9 Å². The molecule has 0 bridgehead atoms. The fourth-order valence-electron chi connectivity index (χ4n) is 1.68. The molecule has 7 heteroatoms. The van der Waals surface area contributed by atoms with E-state index in [0.29, 0.717) is 6.54 Å². The van der Waals surface area contributed by atoms with Crippen molar-refractivity contribution < 1.29 is 17.6 Å². The van der Waals surface area contributed by atoms with Gasteiger partial charge in [0.15, 0.2) is 0 Å². The number of benzene rings is 1. The van der Waals surface area contributed by atoms with Gasteiger partial charge in [0.1, 0.15) is 5.82 Å². The normalized spacial score (nSPS) is 11.4. The summed E-state index contributed by atoms with van der Waals surface area (Å²) < 4.78 is 39.5. The van der Waals surface area contributed by atoms with Crippen molar-refractivity contribution in [3.63, 3.8) is 0 Å². The van der Waals surface area contributed by atoms with Crippen molar-refractivity contribution in [1.82, 2.24) is 9.62 Å². The van der Waals surface area contributed by atoms with Crippen molar-refractivity contribution in [2.75, 3.05) is 20.1 Å². The van der Waals surface area contributed by atoms with Gasteiger partial charge in [-0.25, -0.2) is 17.5 Å². The molecule has 118 valence electrons. The minimum atomic E-state index is -3.81. The van der Waals surface area contributed by atoms with Gasteiger partial charge in [0.25, 0.3) is 0 Å². The van der Waals surface area contributed by atoms with Crippen molar-refractivity contribution in [1.29, 1.82) is 0 Å². The standard InChI is InChI=1S/C14H21FN2O3S/c1-4-5-8-17(3)14(18)10-16-21(19,20)12-6-7-13(15)11(2)9-12/h6-7,9,16H,4-5,8,10H2,1-3H3. The lowest BCUT2D eigenvalue weighted by atomic mass is 10.2. The SMILES string of the molecule is CCCCN(C)C(=O)CNS(=O)(=O)c1ccc(F)c(C)c1. The van der Waals surface area contributed by atoms with E-state index in [1.165, 1.54) is 24.0 Å². The summed E-state index contributed by atoms with van der Waals surface area (Å²) >= 11 is 0. The molecule has 1 N–H and O–H groups in total. The number of aryl methyl sites for hydroxylation is 1. The lowest BCUT2D eigenvalue weighted by molar-refractivity contribution is -0.128. The molecule has 0 radical (unpaired) electrons. The predicted molar refractivity (Wildman–Crippen MR) is 78.9 cm³/mol. The van der Waals surface area contributed by atoms with Crippen molar-refractivity contribution in [2.45, 2.75) is 31.6 Å². The number of unbranched alkanes of at least 4 members (excludes halogenated alkanes) is 1. The Kier molecular flexibility index (Phi) is 6.29. The minimum Gasteiger partial charge on any atom is -0.345 e. The predicted octanol–water partition coefficient (Wildman–Crippen LogP) is 1.67. The number of nitrogens with one attached hydrogen (secondary N) is 1. The summed E-state index contributed by atoms with van der Waals surface area (Å²) in [6.45, 7) is 3.78. The largest absolute Gasteiger partial charge is 0.345 e. The zero-order valence-corrected chi connectivity index (χ0v) is 13.3. The van der Waals surface area contributed by atoms with Crippen molar-refractivity contribution in [2.24, 2.45) is 0 Å². The van der Waals surface area contributed by atoms with Crippen molar-refractivity contribution >= 4 is 15.9 Å². The quantitative estimate of drug-likeness (QED) is 0.832. The van der Waals surface area contributed by atoms with E-state index in [2.05, 4.69) is 4.72 Å². The third-order valence-electron chi connectivity index (χ3n) is 3.13. The summed E-state index contributed by atoms with van der Waals surface area (Å²) in [5.74, 6) is -0.768. The van der Waals surface area contributed by atoms with Crippen LogP contribution in [-0.2, 0) is 14.8 Å². The molecule has 0 saturated heterocycles. The number of halogens is 1. The van der Waals surface area contributed by atoms with Crippen LogP contribution in [0.3, 0.4) is 0 Å². The molecule has 0 aliphatic carbocycles. The molecule has 0 saturated carbocycles. The molecule has 5 nitrogen and oxygen atoms in total. The Morgan fingerprint density at radius 2 is 2.05 bits per heavy atom. The zero-order valence-electron chi connectivity index (χ0n) is 12.5. The number of hydrogen-bond donors (Lipinski definition) is 1. The summed E-state index contributed by atoms with van der Waals surface area (Å²) in [5.41, 5.74) is 0.240. The molecule has 1 aromatic rings. The number of carbonyl (C=O) groups is 1. The maximum Gasteiger partial charge on any atom is 0.241 e. The van der Waals surface area contributed by atoms with E-state index < -0.39 is 15.8 Å².